The topological polar surface area (TPSA) is 72.9 Å². The molecule has 1 rings (SSSR count). The number of carboxylic acids is 1. The van der Waals surface area contributed by atoms with Crippen LogP contribution in [0.1, 0.15) is 32.6 Å². The van der Waals surface area contributed by atoms with Gasteiger partial charge in [-0.05, 0) is 53.2 Å². The Bertz CT molecular complexity index is 334. The van der Waals surface area contributed by atoms with Crippen LogP contribution >= 0.6 is 0 Å². The SMILES string of the molecule is CCN(CCCN(C)C)C(=O)NC1CCC(C(=O)O)C1. The van der Waals surface area contributed by atoms with Gasteiger partial charge in [-0.25, -0.2) is 4.79 Å². The van der Waals surface area contributed by atoms with Gasteiger partial charge in [0.25, 0.3) is 0 Å². The highest BCUT2D eigenvalue weighted by atomic mass is 16.4. The first kappa shape index (κ1) is 16.8. The number of carbonyl (C=O) groups is 2. The van der Waals surface area contributed by atoms with Crippen LogP contribution in [0.3, 0.4) is 0 Å². The highest BCUT2D eigenvalue weighted by Crippen LogP contribution is 2.25. The van der Waals surface area contributed by atoms with E-state index in [4.69, 9.17) is 5.11 Å². The molecule has 0 aromatic heterocycles. The van der Waals surface area contributed by atoms with Gasteiger partial charge in [-0.2, -0.15) is 0 Å². The minimum atomic E-state index is -0.750. The average Bonchev–Trinajstić information content (AvgIpc) is 2.82. The molecule has 0 spiro atoms. The second-order valence-corrected chi connectivity index (χ2v) is 5.73. The van der Waals surface area contributed by atoms with Crippen molar-refractivity contribution in [1.82, 2.24) is 15.1 Å². The van der Waals surface area contributed by atoms with E-state index < -0.39 is 5.97 Å². The highest BCUT2D eigenvalue weighted by Gasteiger charge is 2.31. The Labute approximate surface area is 121 Å². The molecular formula is C14H27N3O3. The van der Waals surface area contributed by atoms with Crippen LogP contribution in [0.4, 0.5) is 4.79 Å². The van der Waals surface area contributed by atoms with Gasteiger partial charge < -0.3 is 20.2 Å². The zero-order chi connectivity index (χ0) is 15.1. The Hall–Kier alpha value is -1.30. The van der Waals surface area contributed by atoms with Crippen LogP contribution in [0.25, 0.3) is 0 Å². The van der Waals surface area contributed by atoms with Crippen molar-refractivity contribution in [3.63, 3.8) is 0 Å². The number of hydrogen-bond donors (Lipinski definition) is 2. The summed E-state index contributed by atoms with van der Waals surface area (Å²) in [6, 6.07) is -0.0613. The Kier molecular flexibility index (Phi) is 6.78. The molecule has 2 N–H and O–H groups in total. The van der Waals surface area contributed by atoms with Gasteiger partial charge in [0, 0.05) is 19.1 Å². The maximum atomic E-state index is 12.1. The second kappa shape index (κ2) is 8.09. The van der Waals surface area contributed by atoms with E-state index >= 15 is 0 Å². The van der Waals surface area contributed by atoms with Crippen molar-refractivity contribution in [1.29, 1.82) is 0 Å². The van der Waals surface area contributed by atoms with Gasteiger partial charge in [0.1, 0.15) is 0 Å². The van der Waals surface area contributed by atoms with Crippen molar-refractivity contribution >= 4 is 12.0 Å². The van der Waals surface area contributed by atoms with E-state index in [0.29, 0.717) is 19.4 Å². The summed E-state index contributed by atoms with van der Waals surface area (Å²) < 4.78 is 0. The molecule has 6 heteroatoms. The Morgan fingerprint density at radius 2 is 1.95 bits per heavy atom. The molecule has 0 radical (unpaired) electrons. The van der Waals surface area contributed by atoms with Crippen molar-refractivity contribution in [2.75, 3.05) is 33.7 Å². The van der Waals surface area contributed by atoms with E-state index in [2.05, 4.69) is 10.2 Å². The van der Waals surface area contributed by atoms with Gasteiger partial charge in [0.15, 0.2) is 0 Å². The van der Waals surface area contributed by atoms with Crippen LogP contribution in [0.2, 0.25) is 0 Å². The summed E-state index contributed by atoms with van der Waals surface area (Å²) in [7, 11) is 4.03. The number of urea groups is 1. The quantitative estimate of drug-likeness (QED) is 0.738. The van der Waals surface area contributed by atoms with Gasteiger partial charge >= 0.3 is 12.0 Å². The highest BCUT2D eigenvalue weighted by molar-refractivity contribution is 5.75. The zero-order valence-corrected chi connectivity index (χ0v) is 12.8. The number of nitrogens with zero attached hydrogens (tertiary/aromatic N) is 2. The standard InChI is InChI=1S/C14H27N3O3/c1-4-17(9-5-8-16(2)3)14(20)15-12-7-6-11(10-12)13(18)19/h11-12H,4-10H2,1-3H3,(H,15,20)(H,18,19). The fourth-order valence-electron chi connectivity index (χ4n) is 2.58. The largest absolute Gasteiger partial charge is 0.481 e. The van der Waals surface area contributed by atoms with Crippen LogP contribution in [0.15, 0.2) is 0 Å². The first-order valence-corrected chi connectivity index (χ1v) is 7.37. The molecule has 116 valence electrons. The minimum Gasteiger partial charge on any atom is -0.481 e. The summed E-state index contributed by atoms with van der Waals surface area (Å²) in [5.74, 6) is -1.05. The summed E-state index contributed by atoms with van der Waals surface area (Å²) in [6.07, 6.45) is 2.91. The fraction of sp³-hybridized carbons (Fsp3) is 0.857. The van der Waals surface area contributed by atoms with Gasteiger partial charge in [0.05, 0.1) is 5.92 Å². The maximum Gasteiger partial charge on any atom is 0.317 e. The summed E-state index contributed by atoms with van der Waals surface area (Å²) in [6.45, 7) is 4.32. The Morgan fingerprint density at radius 3 is 2.45 bits per heavy atom. The number of carboxylic acid groups (broad SMARTS) is 1. The zero-order valence-electron chi connectivity index (χ0n) is 12.8. The lowest BCUT2D eigenvalue weighted by Gasteiger charge is -2.24. The first-order valence-electron chi connectivity index (χ1n) is 7.37. The van der Waals surface area contributed by atoms with Gasteiger partial charge in [-0.15, -0.1) is 0 Å². The van der Waals surface area contributed by atoms with Crippen LogP contribution in [-0.4, -0.2) is 66.7 Å². The number of carbonyl (C=O) groups excluding carboxylic acids is 1. The first-order chi connectivity index (χ1) is 9.43. The third-order valence-electron chi connectivity index (χ3n) is 3.81. The number of aliphatic carboxylic acids is 1. The molecule has 0 bridgehead atoms. The molecule has 0 aromatic rings. The van der Waals surface area contributed by atoms with Gasteiger partial charge in [0.2, 0.25) is 0 Å². The Balaban J connectivity index is 2.34. The normalized spacial score (nSPS) is 22.0. The lowest BCUT2D eigenvalue weighted by molar-refractivity contribution is -0.141. The number of amides is 2. The fourth-order valence-corrected chi connectivity index (χ4v) is 2.58. The summed E-state index contributed by atoms with van der Waals surface area (Å²) in [5.41, 5.74) is 0. The molecule has 1 fully saturated rings. The molecular weight excluding hydrogens is 258 g/mol. The van der Waals surface area contributed by atoms with E-state index in [-0.39, 0.29) is 18.0 Å². The molecule has 0 aromatic carbocycles. The number of hydrogen-bond acceptors (Lipinski definition) is 3. The van der Waals surface area contributed by atoms with E-state index in [1.807, 2.05) is 21.0 Å². The third kappa shape index (κ3) is 5.36. The predicted octanol–water partition coefficient (Wildman–Crippen LogP) is 1.22. The average molecular weight is 285 g/mol. The van der Waals surface area contributed by atoms with E-state index in [9.17, 15) is 9.59 Å². The molecule has 1 saturated carbocycles. The molecule has 2 amide bonds. The van der Waals surface area contributed by atoms with Crippen LogP contribution in [0.5, 0.6) is 0 Å². The van der Waals surface area contributed by atoms with Crippen LogP contribution < -0.4 is 5.32 Å². The summed E-state index contributed by atoms with van der Waals surface area (Å²) in [4.78, 5) is 26.9. The van der Waals surface area contributed by atoms with Crippen LogP contribution in [0, 0.1) is 5.92 Å². The molecule has 2 atom stereocenters. The molecule has 0 aliphatic heterocycles. The van der Waals surface area contributed by atoms with E-state index in [0.717, 1.165) is 25.9 Å². The maximum absolute atomic E-state index is 12.1. The molecule has 1 aliphatic rings. The number of rotatable bonds is 7. The molecule has 2 unspecified atom stereocenters. The van der Waals surface area contributed by atoms with Crippen LogP contribution in [-0.2, 0) is 4.79 Å². The van der Waals surface area contributed by atoms with Crippen molar-refractivity contribution in [3.8, 4) is 0 Å². The molecule has 6 nitrogen and oxygen atoms in total. The smallest absolute Gasteiger partial charge is 0.317 e. The monoisotopic (exact) mass is 285 g/mol. The van der Waals surface area contributed by atoms with E-state index in [1.165, 1.54) is 0 Å². The summed E-state index contributed by atoms with van der Waals surface area (Å²) in [5, 5.41) is 11.9. The van der Waals surface area contributed by atoms with E-state index in [1.54, 1.807) is 4.90 Å². The van der Waals surface area contributed by atoms with Crippen molar-refractivity contribution in [2.24, 2.45) is 5.92 Å². The minimum absolute atomic E-state index is 0.00602. The molecule has 0 saturated heterocycles. The van der Waals surface area contributed by atoms with Gasteiger partial charge in [-0.1, -0.05) is 0 Å². The summed E-state index contributed by atoms with van der Waals surface area (Å²) >= 11 is 0. The molecule has 20 heavy (non-hydrogen) atoms. The van der Waals surface area contributed by atoms with Crippen molar-refractivity contribution in [2.45, 2.75) is 38.6 Å². The lowest BCUT2D eigenvalue weighted by atomic mass is 10.1. The number of nitrogens with one attached hydrogen (secondary N) is 1. The molecule has 1 aliphatic carbocycles. The predicted molar refractivity (Wildman–Crippen MR) is 77.7 cm³/mol. The van der Waals surface area contributed by atoms with Crippen molar-refractivity contribution < 1.29 is 14.7 Å². The van der Waals surface area contributed by atoms with Crippen molar-refractivity contribution in [3.05, 3.63) is 0 Å². The molecule has 0 heterocycles. The second-order valence-electron chi connectivity index (χ2n) is 5.73. The lowest BCUT2D eigenvalue weighted by Crippen LogP contribution is -2.44. The van der Waals surface area contributed by atoms with Gasteiger partial charge in [-0.3, -0.25) is 4.79 Å². The third-order valence-corrected chi connectivity index (χ3v) is 3.81. The Morgan fingerprint density at radius 1 is 1.25 bits per heavy atom.